The Morgan fingerprint density at radius 2 is 1.20 bits per heavy atom. The molecule has 1 heterocycles. The average Bonchev–Trinajstić information content (AvgIpc) is 2.83. The normalized spacial score (nSPS) is 14.6. The van der Waals surface area contributed by atoms with E-state index in [-0.39, 0.29) is 46.5 Å². The van der Waals surface area contributed by atoms with Crippen molar-refractivity contribution in [2.75, 3.05) is 0 Å². The van der Waals surface area contributed by atoms with Gasteiger partial charge in [-0.3, -0.25) is 20.4 Å². The summed E-state index contributed by atoms with van der Waals surface area (Å²) in [4.78, 5) is 25.2. The molecular formula is C34H50N2O4. The number of rotatable bonds is 8. The number of hydrazine groups is 1. The zero-order valence-electron chi connectivity index (χ0n) is 26.5. The minimum Gasteiger partial charge on any atom is -0.507 e. The Hall–Kier alpha value is -3.02. The van der Waals surface area contributed by atoms with E-state index < -0.39 is 0 Å². The van der Waals surface area contributed by atoms with E-state index in [1.807, 2.05) is 12.1 Å². The van der Waals surface area contributed by atoms with Crippen LogP contribution in [0.5, 0.6) is 11.5 Å². The number of aryl methyl sites for hydroxylation is 2. The van der Waals surface area contributed by atoms with Crippen molar-refractivity contribution in [2.45, 2.75) is 130 Å². The lowest BCUT2D eigenvalue weighted by molar-refractivity contribution is -0.128. The van der Waals surface area contributed by atoms with E-state index >= 15 is 0 Å². The zero-order chi connectivity index (χ0) is 30.3. The van der Waals surface area contributed by atoms with Crippen molar-refractivity contribution in [3.8, 4) is 11.5 Å². The molecule has 0 atom stereocenters. The summed E-state index contributed by atoms with van der Waals surface area (Å²) in [6.07, 6.45) is 2.58. The Balaban J connectivity index is 1.59. The molecule has 0 unspecified atom stereocenters. The maximum absolute atomic E-state index is 12.6. The number of hydrogen-bond donors (Lipinski definition) is 3. The van der Waals surface area contributed by atoms with Crippen LogP contribution in [0.2, 0.25) is 0 Å². The van der Waals surface area contributed by atoms with E-state index in [4.69, 9.17) is 4.74 Å². The standard InChI is InChI=1S/C34H50N2O4/c1-12-33(8,9)25-19-22(20-26-30(25)40-34(26,10)11)14-16-28(38)36-35-27(37)15-13-21-17-23(31(2,3)4)29(39)24(18-21)32(5,6)7/h17-20,39H,12-16H2,1-11H3,(H,35,37)(H,36,38). The van der Waals surface area contributed by atoms with Crippen LogP contribution < -0.4 is 15.6 Å². The monoisotopic (exact) mass is 550 g/mol. The fourth-order valence-corrected chi connectivity index (χ4v) is 5.11. The molecule has 0 spiro atoms. The molecule has 3 N–H and O–H groups in total. The van der Waals surface area contributed by atoms with Crippen LogP contribution in [0.15, 0.2) is 24.3 Å². The lowest BCUT2D eigenvalue weighted by Crippen LogP contribution is -2.41. The maximum Gasteiger partial charge on any atom is 0.238 e. The van der Waals surface area contributed by atoms with Crippen LogP contribution in [0.3, 0.4) is 0 Å². The molecule has 6 heteroatoms. The molecule has 2 aromatic carbocycles. The van der Waals surface area contributed by atoms with Crippen molar-refractivity contribution >= 4 is 11.8 Å². The number of aromatic hydroxyl groups is 1. The first-order chi connectivity index (χ1) is 18.3. The summed E-state index contributed by atoms with van der Waals surface area (Å²) in [5.74, 6) is 0.838. The number of fused-ring (bicyclic) bond motifs is 1. The second-order valence-electron chi connectivity index (χ2n) is 14.5. The van der Waals surface area contributed by atoms with Crippen molar-refractivity contribution in [3.63, 3.8) is 0 Å². The van der Waals surface area contributed by atoms with Gasteiger partial charge in [-0.1, -0.05) is 80.5 Å². The molecule has 0 saturated heterocycles. The third kappa shape index (κ3) is 7.00. The Kier molecular flexibility index (Phi) is 8.74. The number of carbonyl (C=O) groups is 2. The molecule has 0 fully saturated rings. The van der Waals surface area contributed by atoms with Crippen molar-refractivity contribution < 1.29 is 19.4 Å². The van der Waals surface area contributed by atoms with Crippen LogP contribution in [0.1, 0.15) is 129 Å². The predicted octanol–water partition coefficient (Wildman–Crippen LogP) is 7.02. The molecule has 1 aliphatic rings. The number of ether oxygens (including phenoxy) is 1. The van der Waals surface area contributed by atoms with Crippen LogP contribution in [0.4, 0.5) is 0 Å². The van der Waals surface area contributed by atoms with Crippen molar-refractivity contribution in [3.05, 3.63) is 57.6 Å². The first-order valence-corrected chi connectivity index (χ1v) is 14.6. The van der Waals surface area contributed by atoms with Crippen LogP contribution >= 0.6 is 0 Å². The summed E-state index contributed by atoms with van der Waals surface area (Å²) in [6, 6.07) is 8.30. The summed E-state index contributed by atoms with van der Waals surface area (Å²) in [5, 5.41) is 10.9. The highest BCUT2D eigenvalue weighted by Gasteiger charge is 2.41. The molecule has 6 nitrogen and oxygen atoms in total. The number of hydrogen-bond acceptors (Lipinski definition) is 4. The smallest absolute Gasteiger partial charge is 0.238 e. The van der Waals surface area contributed by atoms with E-state index in [1.54, 1.807) is 0 Å². The van der Waals surface area contributed by atoms with Gasteiger partial charge in [0.05, 0.1) is 0 Å². The summed E-state index contributed by atoms with van der Waals surface area (Å²) in [5.41, 5.74) is 10.6. The lowest BCUT2D eigenvalue weighted by Gasteiger charge is -2.43. The third-order valence-electron chi connectivity index (χ3n) is 8.18. The van der Waals surface area contributed by atoms with Gasteiger partial charge in [-0.05, 0) is 77.7 Å². The van der Waals surface area contributed by atoms with E-state index in [9.17, 15) is 14.7 Å². The van der Waals surface area contributed by atoms with E-state index in [0.29, 0.717) is 18.6 Å². The van der Waals surface area contributed by atoms with Crippen molar-refractivity contribution in [1.29, 1.82) is 0 Å². The van der Waals surface area contributed by atoms with Crippen LogP contribution in [-0.4, -0.2) is 16.9 Å². The molecule has 3 rings (SSSR count). The highest BCUT2D eigenvalue weighted by Crippen LogP contribution is 2.50. The second-order valence-corrected chi connectivity index (χ2v) is 14.5. The fourth-order valence-electron chi connectivity index (χ4n) is 5.11. The van der Waals surface area contributed by atoms with Gasteiger partial charge >= 0.3 is 0 Å². The van der Waals surface area contributed by atoms with Crippen molar-refractivity contribution in [2.24, 2.45) is 0 Å². The predicted molar refractivity (Wildman–Crippen MR) is 162 cm³/mol. The quantitative estimate of drug-likeness (QED) is 0.308. The topological polar surface area (TPSA) is 87.7 Å². The molecule has 0 saturated carbocycles. The van der Waals surface area contributed by atoms with Gasteiger partial charge in [-0.2, -0.15) is 0 Å². The van der Waals surface area contributed by atoms with Crippen LogP contribution in [0.25, 0.3) is 0 Å². The van der Waals surface area contributed by atoms with Gasteiger partial charge in [0.2, 0.25) is 11.8 Å². The number of benzene rings is 2. The third-order valence-corrected chi connectivity index (χ3v) is 8.18. The summed E-state index contributed by atoms with van der Waals surface area (Å²) in [6.45, 7) is 23.2. The Bertz CT molecular complexity index is 1240. The molecule has 0 bridgehead atoms. The number of carbonyl (C=O) groups excluding carboxylic acids is 2. The first-order valence-electron chi connectivity index (χ1n) is 14.6. The minimum absolute atomic E-state index is 0.0222. The molecule has 2 amide bonds. The summed E-state index contributed by atoms with van der Waals surface area (Å²) in [7, 11) is 0. The number of phenols is 1. The van der Waals surface area contributed by atoms with E-state index in [0.717, 1.165) is 34.4 Å². The largest absolute Gasteiger partial charge is 0.507 e. The second kappa shape index (κ2) is 11.1. The van der Waals surface area contributed by atoms with E-state index in [2.05, 4.69) is 99.1 Å². The van der Waals surface area contributed by atoms with Gasteiger partial charge in [-0.15, -0.1) is 0 Å². The molecule has 1 aliphatic heterocycles. The molecule has 0 aliphatic carbocycles. The van der Waals surface area contributed by atoms with Gasteiger partial charge in [-0.25, -0.2) is 0 Å². The molecule has 220 valence electrons. The average molecular weight is 551 g/mol. The number of nitrogens with one attached hydrogen (secondary N) is 2. The molecule has 40 heavy (non-hydrogen) atoms. The fraction of sp³-hybridized carbons (Fsp3) is 0.588. The first kappa shape index (κ1) is 31.5. The van der Waals surface area contributed by atoms with Gasteiger partial charge in [0.25, 0.3) is 0 Å². The Morgan fingerprint density at radius 1 is 0.775 bits per heavy atom. The van der Waals surface area contributed by atoms with E-state index in [1.165, 1.54) is 11.1 Å². The molecule has 0 aromatic heterocycles. The highest BCUT2D eigenvalue weighted by molar-refractivity contribution is 5.82. The van der Waals surface area contributed by atoms with Gasteiger partial charge in [0, 0.05) is 24.0 Å². The SMILES string of the molecule is CCC(C)(C)c1cc(CCC(=O)NNC(=O)CCc2cc(C(C)(C)C)c(O)c(C(C)(C)C)c2)cc2c1OC2(C)C. The summed E-state index contributed by atoms with van der Waals surface area (Å²) >= 11 is 0. The number of amides is 2. The molecule has 0 radical (unpaired) electrons. The van der Waals surface area contributed by atoms with Gasteiger partial charge in [0.15, 0.2) is 0 Å². The molecule has 2 aromatic rings. The van der Waals surface area contributed by atoms with Crippen LogP contribution in [-0.2, 0) is 44.3 Å². The maximum atomic E-state index is 12.6. The highest BCUT2D eigenvalue weighted by atomic mass is 16.5. The lowest BCUT2D eigenvalue weighted by atomic mass is 9.76. The summed E-state index contributed by atoms with van der Waals surface area (Å²) < 4.78 is 6.10. The Labute approximate surface area is 241 Å². The zero-order valence-corrected chi connectivity index (χ0v) is 26.5. The minimum atomic E-state index is -0.320. The van der Waals surface area contributed by atoms with Gasteiger partial charge < -0.3 is 9.84 Å². The number of phenolic OH excluding ortho intramolecular Hbond substituents is 1. The van der Waals surface area contributed by atoms with Gasteiger partial charge in [0.1, 0.15) is 17.1 Å². The molecular weight excluding hydrogens is 500 g/mol. The van der Waals surface area contributed by atoms with Crippen molar-refractivity contribution in [1.82, 2.24) is 10.9 Å². The van der Waals surface area contributed by atoms with Crippen LogP contribution in [0, 0.1) is 0 Å². The Morgan fingerprint density at radius 3 is 1.60 bits per heavy atom.